The average Bonchev–Trinajstić information content (AvgIpc) is 3.20. The van der Waals surface area contributed by atoms with Crippen LogP contribution in [0.4, 0.5) is 0 Å². The molecule has 0 saturated heterocycles. The summed E-state index contributed by atoms with van der Waals surface area (Å²) in [5.41, 5.74) is 1.51. The van der Waals surface area contributed by atoms with Crippen LogP contribution < -0.4 is 0 Å². The number of ether oxygens (including phenoxy) is 1. The Balaban J connectivity index is 0.000000785. The number of imidazole rings is 1. The van der Waals surface area contributed by atoms with Crippen LogP contribution in [0.15, 0.2) is 67.3 Å². The van der Waals surface area contributed by atoms with Crippen molar-refractivity contribution in [2.24, 2.45) is 0 Å². The number of aromatic nitrogens is 2. The van der Waals surface area contributed by atoms with Crippen LogP contribution in [0, 0.1) is 10.1 Å². The minimum absolute atomic E-state index is 0.377. The van der Waals surface area contributed by atoms with Gasteiger partial charge in [-0.1, -0.05) is 53.0 Å². The number of rotatable bonds is 6. The fourth-order valence-corrected chi connectivity index (χ4v) is 3.12. The minimum Gasteiger partial charge on any atom is -0.452 e. The lowest BCUT2D eigenvalue weighted by molar-refractivity contribution is -0.742. The van der Waals surface area contributed by atoms with Crippen molar-refractivity contribution in [2.45, 2.75) is 12.6 Å². The molecule has 1 heterocycles. The standard InChI is InChI=1S/C20H15Cl3N2O2.HNO3/c21-15-4-1-14(2-5-15)3-8-20(26)27-19(12-25-10-9-24-13-25)17-7-6-16(22)11-18(17)23;2-1(3)4/h1-11,13,19H,12H2;(H,2,3,4)/b8-3+;. The molecule has 0 saturated carbocycles. The molecule has 0 bridgehead atoms. The fourth-order valence-electron chi connectivity index (χ4n) is 2.47. The van der Waals surface area contributed by atoms with Crippen LogP contribution in [-0.4, -0.2) is 25.8 Å². The van der Waals surface area contributed by atoms with Gasteiger partial charge in [-0.15, -0.1) is 10.1 Å². The summed E-state index contributed by atoms with van der Waals surface area (Å²) >= 11 is 18.1. The highest BCUT2D eigenvalue weighted by Crippen LogP contribution is 2.30. The summed E-state index contributed by atoms with van der Waals surface area (Å²) in [5.74, 6) is -0.485. The molecule has 0 fully saturated rings. The molecule has 1 unspecified atom stereocenters. The lowest BCUT2D eigenvalue weighted by Crippen LogP contribution is -2.15. The first-order chi connectivity index (χ1) is 14.7. The molecule has 1 N–H and O–H groups in total. The molecular formula is C20H16Cl3N3O5. The largest absolute Gasteiger partial charge is 0.452 e. The molecule has 0 aliphatic carbocycles. The van der Waals surface area contributed by atoms with Crippen LogP contribution in [-0.2, 0) is 16.1 Å². The molecule has 11 heteroatoms. The number of carbonyl (C=O) groups is 1. The molecule has 0 spiro atoms. The van der Waals surface area contributed by atoms with E-state index >= 15 is 0 Å². The van der Waals surface area contributed by atoms with Crippen molar-refractivity contribution in [2.75, 3.05) is 0 Å². The zero-order chi connectivity index (χ0) is 22.8. The van der Waals surface area contributed by atoms with Gasteiger partial charge >= 0.3 is 5.97 Å². The molecule has 0 amide bonds. The summed E-state index contributed by atoms with van der Waals surface area (Å²) in [6.45, 7) is 0.377. The SMILES string of the molecule is O=C(/C=C/c1ccc(Cl)cc1)OC(Cn1ccnc1)c1ccc(Cl)cc1Cl.O=[N+]([O-])O. The predicted octanol–water partition coefficient (Wildman–Crippen LogP) is 5.49. The molecule has 2 aromatic carbocycles. The lowest BCUT2D eigenvalue weighted by atomic mass is 10.1. The fraction of sp³-hybridized carbons (Fsp3) is 0.100. The molecule has 3 aromatic rings. The maximum absolute atomic E-state index is 12.3. The van der Waals surface area contributed by atoms with Gasteiger partial charge in [0.1, 0.15) is 6.10 Å². The monoisotopic (exact) mass is 483 g/mol. The Kier molecular flexibility index (Phi) is 9.33. The third-order valence-electron chi connectivity index (χ3n) is 3.79. The highest BCUT2D eigenvalue weighted by atomic mass is 35.5. The van der Waals surface area contributed by atoms with E-state index < -0.39 is 17.2 Å². The van der Waals surface area contributed by atoms with Crippen LogP contribution in [0.5, 0.6) is 0 Å². The van der Waals surface area contributed by atoms with Gasteiger partial charge in [0.25, 0.3) is 5.09 Å². The first-order valence-electron chi connectivity index (χ1n) is 8.63. The van der Waals surface area contributed by atoms with E-state index in [4.69, 9.17) is 54.9 Å². The summed E-state index contributed by atoms with van der Waals surface area (Å²) in [5, 5.41) is 15.2. The van der Waals surface area contributed by atoms with Crippen molar-refractivity contribution < 1.29 is 19.8 Å². The van der Waals surface area contributed by atoms with E-state index in [2.05, 4.69) is 4.98 Å². The van der Waals surface area contributed by atoms with E-state index in [0.717, 1.165) is 5.56 Å². The topological polar surface area (TPSA) is 107 Å². The van der Waals surface area contributed by atoms with Gasteiger partial charge in [-0.2, -0.15) is 0 Å². The van der Waals surface area contributed by atoms with Crippen LogP contribution >= 0.6 is 34.8 Å². The van der Waals surface area contributed by atoms with E-state index in [1.54, 1.807) is 55.1 Å². The molecule has 8 nitrogen and oxygen atoms in total. The zero-order valence-electron chi connectivity index (χ0n) is 15.8. The van der Waals surface area contributed by atoms with Gasteiger partial charge in [-0.05, 0) is 35.9 Å². The number of carbonyl (C=O) groups excluding carboxylic acids is 1. The van der Waals surface area contributed by atoms with Gasteiger partial charge in [-0.25, -0.2) is 9.78 Å². The number of halogens is 3. The second kappa shape index (κ2) is 11.9. The Morgan fingerprint density at radius 2 is 1.84 bits per heavy atom. The zero-order valence-corrected chi connectivity index (χ0v) is 18.0. The van der Waals surface area contributed by atoms with Gasteiger partial charge in [-0.3, -0.25) is 0 Å². The van der Waals surface area contributed by atoms with E-state index in [9.17, 15) is 4.79 Å². The first-order valence-corrected chi connectivity index (χ1v) is 9.76. The summed E-state index contributed by atoms with van der Waals surface area (Å²) in [4.78, 5) is 24.7. The summed E-state index contributed by atoms with van der Waals surface area (Å²) in [7, 11) is 0. The number of hydrogen-bond acceptors (Lipinski definition) is 5. The number of nitrogens with zero attached hydrogens (tertiary/aromatic N) is 3. The molecule has 0 aliphatic heterocycles. The second-order valence-electron chi connectivity index (χ2n) is 5.97. The average molecular weight is 485 g/mol. The molecule has 1 aromatic heterocycles. The first kappa shape index (κ1) is 24.2. The lowest BCUT2D eigenvalue weighted by Gasteiger charge is -2.19. The Bertz CT molecular complexity index is 1040. The van der Waals surface area contributed by atoms with E-state index in [0.29, 0.717) is 27.2 Å². The highest BCUT2D eigenvalue weighted by molar-refractivity contribution is 6.35. The Morgan fingerprint density at radius 1 is 1.19 bits per heavy atom. The van der Waals surface area contributed by atoms with Crippen molar-refractivity contribution in [3.05, 3.63) is 104 Å². The van der Waals surface area contributed by atoms with E-state index in [-0.39, 0.29) is 0 Å². The summed E-state index contributed by atoms with van der Waals surface area (Å²) in [6.07, 6.45) is 7.53. The van der Waals surface area contributed by atoms with Crippen molar-refractivity contribution in [1.29, 1.82) is 0 Å². The van der Waals surface area contributed by atoms with Crippen molar-refractivity contribution in [3.63, 3.8) is 0 Å². The molecule has 162 valence electrons. The molecular weight excluding hydrogens is 469 g/mol. The van der Waals surface area contributed by atoms with Crippen molar-refractivity contribution >= 4 is 46.8 Å². The van der Waals surface area contributed by atoms with E-state index in [1.165, 1.54) is 6.08 Å². The van der Waals surface area contributed by atoms with Crippen LogP contribution in [0.2, 0.25) is 15.1 Å². The summed E-state index contributed by atoms with van der Waals surface area (Å²) < 4.78 is 7.46. The van der Waals surface area contributed by atoms with Gasteiger partial charge in [0, 0.05) is 39.1 Å². The minimum atomic E-state index is -1.50. The van der Waals surface area contributed by atoms with Crippen molar-refractivity contribution in [3.8, 4) is 0 Å². The van der Waals surface area contributed by atoms with E-state index in [1.807, 2.05) is 16.7 Å². The Labute approximate surface area is 192 Å². The summed E-state index contributed by atoms with van der Waals surface area (Å²) in [6, 6.07) is 12.2. The van der Waals surface area contributed by atoms with Crippen LogP contribution in [0.25, 0.3) is 6.08 Å². The van der Waals surface area contributed by atoms with Crippen LogP contribution in [0.3, 0.4) is 0 Å². The second-order valence-corrected chi connectivity index (χ2v) is 7.25. The molecule has 1 atom stereocenters. The third-order valence-corrected chi connectivity index (χ3v) is 4.60. The Hall–Kier alpha value is -3.07. The smallest absolute Gasteiger partial charge is 0.331 e. The predicted molar refractivity (Wildman–Crippen MR) is 117 cm³/mol. The molecule has 0 aliphatic rings. The molecule has 31 heavy (non-hydrogen) atoms. The quantitative estimate of drug-likeness (QED) is 0.214. The van der Waals surface area contributed by atoms with Gasteiger partial charge in [0.05, 0.1) is 12.9 Å². The third kappa shape index (κ3) is 8.67. The Morgan fingerprint density at radius 3 is 2.42 bits per heavy atom. The number of benzene rings is 2. The molecule has 0 radical (unpaired) electrons. The maximum Gasteiger partial charge on any atom is 0.331 e. The molecule has 3 rings (SSSR count). The highest BCUT2D eigenvalue weighted by Gasteiger charge is 2.19. The number of hydrogen-bond donors (Lipinski definition) is 1. The van der Waals surface area contributed by atoms with Gasteiger partial charge < -0.3 is 14.5 Å². The van der Waals surface area contributed by atoms with Crippen LogP contribution in [0.1, 0.15) is 17.2 Å². The number of esters is 1. The van der Waals surface area contributed by atoms with Gasteiger partial charge in [0.2, 0.25) is 0 Å². The van der Waals surface area contributed by atoms with Crippen molar-refractivity contribution in [1.82, 2.24) is 9.55 Å². The normalized spacial score (nSPS) is 11.5. The van der Waals surface area contributed by atoms with Gasteiger partial charge in [0.15, 0.2) is 0 Å². The maximum atomic E-state index is 12.3.